The Bertz CT molecular complexity index is 1180. The van der Waals surface area contributed by atoms with Gasteiger partial charge >= 0.3 is 5.97 Å². The lowest BCUT2D eigenvalue weighted by Crippen LogP contribution is -2.43. The highest BCUT2D eigenvalue weighted by atomic mass is 35.5. The van der Waals surface area contributed by atoms with Gasteiger partial charge in [0.15, 0.2) is 5.82 Å². The van der Waals surface area contributed by atoms with E-state index < -0.39 is 11.9 Å². The third-order valence-corrected chi connectivity index (χ3v) is 6.52. The molecule has 0 saturated heterocycles. The molecule has 4 unspecified atom stereocenters. The van der Waals surface area contributed by atoms with E-state index in [-0.39, 0.29) is 29.3 Å². The number of nitrogens with two attached hydrogens (primary N) is 2. The molecule has 2 bridgehead atoms. The summed E-state index contributed by atoms with van der Waals surface area (Å²) in [5, 5.41) is 24.4. The van der Waals surface area contributed by atoms with E-state index in [1.165, 1.54) is 6.20 Å². The minimum Gasteiger partial charge on any atom is -0.481 e. The number of fused-ring (bicyclic) bond motifs is 3. The molecule has 154 valence electrons. The van der Waals surface area contributed by atoms with Gasteiger partial charge in [0.05, 0.1) is 16.5 Å². The molecule has 0 amide bonds. The molecule has 2 aliphatic carbocycles. The molecule has 30 heavy (non-hydrogen) atoms. The van der Waals surface area contributed by atoms with Crippen molar-refractivity contribution in [2.24, 2.45) is 17.8 Å². The summed E-state index contributed by atoms with van der Waals surface area (Å²) in [7, 11) is 0. The lowest BCUT2D eigenvalue weighted by molar-refractivity contribution is -0.143. The molecule has 0 spiro atoms. The van der Waals surface area contributed by atoms with Crippen LogP contribution in [-0.4, -0.2) is 42.4 Å². The van der Waals surface area contributed by atoms with Crippen LogP contribution in [0.3, 0.4) is 0 Å². The number of carboxylic acid groups (broad SMARTS) is 1. The van der Waals surface area contributed by atoms with Crippen molar-refractivity contribution in [2.45, 2.75) is 25.3 Å². The number of anilines is 2. The van der Waals surface area contributed by atoms with Crippen molar-refractivity contribution in [1.29, 1.82) is 0 Å². The number of carbonyl (C=O) groups is 1. The Hall–Kier alpha value is -3.20. The lowest BCUT2D eigenvalue weighted by Gasteiger charge is -2.29. The number of rotatable bonds is 5. The Balaban J connectivity index is 1.55. The van der Waals surface area contributed by atoms with Gasteiger partial charge in [-0.05, 0) is 49.3 Å². The molecule has 0 aromatic carbocycles. The number of halogens is 1. The van der Waals surface area contributed by atoms with Gasteiger partial charge in [0, 0.05) is 18.4 Å². The molecule has 3 heterocycles. The third-order valence-electron chi connectivity index (χ3n) is 6.31. The number of nitrogens with one attached hydrogen (secondary N) is 1. The number of aromatic nitrogens is 4. The molecule has 2 saturated carbocycles. The van der Waals surface area contributed by atoms with Crippen molar-refractivity contribution in [1.82, 2.24) is 19.6 Å². The van der Waals surface area contributed by atoms with Crippen LogP contribution in [0.1, 0.15) is 30.7 Å². The third kappa shape index (κ3) is 2.97. The van der Waals surface area contributed by atoms with E-state index in [9.17, 15) is 9.90 Å². The molecule has 3 aromatic heterocycles. The first-order valence-electron chi connectivity index (χ1n) is 9.81. The van der Waals surface area contributed by atoms with Gasteiger partial charge in [0.1, 0.15) is 11.3 Å². The monoisotopic (exact) mass is 426 g/mol. The fraction of sp³-hybridized carbons (Fsp3) is 0.350. The predicted molar refractivity (Wildman–Crippen MR) is 111 cm³/mol. The van der Waals surface area contributed by atoms with Crippen LogP contribution in [0, 0.1) is 17.8 Å². The van der Waals surface area contributed by atoms with Gasteiger partial charge in [0.2, 0.25) is 5.82 Å². The van der Waals surface area contributed by atoms with Crippen molar-refractivity contribution < 1.29 is 15.3 Å². The fourth-order valence-corrected chi connectivity index (χ4v) is 5.11. The van der Waals surface area contributed by atoms with Crippen molar-refractivity contribution >= 4 is 40.4 Å². The summed E-state index contributed by atoms with van der Waals surface area (Å²) in [6.45, 7) is 0. The van der Waals surface area contributed by atoms with E-state index in [1.807, 2.05) is 12.1 Å². The van der Waals surface area contributed by atoms with E-state index in [2.05, 4.69) is 20.4 Å². The van der Waals surface area contributed by atoms with E-state index in [0.29, 0.717) is 22.3 Å². The topological polar surface area (TPSA) is 144 Å². The summed E-state index contributed by atoms with van der Waals surface area (Å²) in [5.74, 6) is 0.371. The van der Waals surface area contributed by atoms with Crippen LogP contribution < -0.4 is 16.5 Å². The van der Waals surface area contributed by atoms with Crippen LogP contribution >= 0.6 is 11.6 Å². The molecule has 10 heteroatoms. The molecule has 0 aliphatic heterocycles. The number of hydrogen-bond acceptors (Lipinski definition) is 6. The van der Waals surface area contributed by atoms with Crippen LogP contribution in [0.4, 0.5) is 11.6 Å². The summed E-state index contributed by atoms with van der Waals surface area (Å²) < 4.78 is 1.66. The Morgan fingerprint density at radius 3 is 2.97 bits per heavy atom. The minimum absolute atomic E-state index is 0.179. The summed E-state index contributed by atoms with van der Waals surface area (Å²) in [6, 6.07) is 5.16. The molecule has 2 fully saturated rings. The Labute approximate surface area is 176 Å². The number of pyridine rings is 1. The van der Waals surface area contributed by atoms with Gasteiger partial charge in [-0.3, -0.25) is 10.2 Å². The van der Waals surface area contributed by atoms with E-state index in [1.54, 1.807) is 16.8 Å². The van der Waals surface area contributed by atoms with Crippen LogP contribution in [0.25, 0.3) is 5.52 Å². The number of nitrogens with zero attached hydrogens (tertiary/aromatic N) is 4. The highest BCUT2D eigenvalue weighted by molar-refractivity contribution is 6.31. The van der Waals surface area contributed by atoms with Crippen molar-refractivity contribution in [3.63, 3.8) is 0 Å². The zero-order valence-electron chi connectivity index (χ0n) is 16.0. The van der Waals surface area contributed by atoms with Crippen molar-refractivity contribution in [3.8, 4) is 0 Å². The van der Waals surface area contributed by atoms with E-state index >= 15 is 0 Å². The molecule has 0 radical (unpaired) electrons. The predicted octanol–water partition coefficient (Wildman–Crippen LogP) is 0.868. The zero-order valence-corrected chi connectivity index (χ0v) is 16.8. The Morgan fingerprint density at radius 2 is 2.17 bits per heavy atom. The lowest BCUT2D eigenvalue weighted by atomic mass is 9.84. The quantitative estimate of drug-likeness (QED) is 0.443. The summed E-state index contributed by atoms with van der Waals surface area (Å²) in [5.41, 5.74) is 7.40. The van der Waals surface area contributed by atoms with Crippen LogP contribution in [0.5, 0.6) is 0 Å². The molecular formula is C20H21ClN7O2+. The smallest absolute Gasteiger partial charge is 0.308 e. The second-order valence-electron chi connectivity index (χ2n) is 7.99. The SMILES string of the molecule is Nc1ncc(Cl)cc1C(=[NH2+])c1nc(NC2C3CCC(C3)C2C(=O)O)c2cccn2n1. The summed E-state index contributed by atoms with van der Waals surface area (Å²) >= 11 is 6.05. The van der Waals surface area contributed by atoms with Gasteiger partial charge < -0.3 is 16.2 Å². The normalized spacial score (nSPS) is 25.0. The van der Waals surface area contributed by atoms with Gasteiger partial charge in [-0.25, -0.2) is 14.5 Å². The molecule has 2 aliphatic rings. The second-order valence-corrected chi connectivity index (χ2v) is 8.43. The molecule has 4 atom stereocenters. The molecular weight excluding hydrogens is 406 g/mol. The molecule has 6 N–H and O–H groups in total. The number of nitrogen functional groups attached to an aromatic ring is 1. The number of carboxylic acids is 1. The Kier molecular flexibility index (Phi) is 4.35. The molecule has 5 rings (SSSR count). The average Bonchev–Trinajstić information content (AvgIpc) is 3.44. The average molecular weight is 427 g/mol. The first-order valence-corrected chi connectivity index (χ1v) is 10.2. The largest absolute Gasteiger partial charge is 0.481 e. The number of hydrogen-bond donors (Lipinski definition) is 4. The number of aliphatic carboxylic acids is 1. The fourth-order valence-electron chi connectivity index (χ4n) is 4.95. The maximum atomic E-state index is 11.9. The zero-order chi connectivity index (χ0) is 21.0. The van der Waals surface area contributed by atoms with Crippen LogP contribution in [-0.2, 0) is 4.79 Å². The van der Waals surface area contributed by atoms with Crippen molar-refractivity contribution in [3.05, 3.63) is 47.0 Å². The van der Waals surface area contributed by atoms with Gasteiger partial charge in [-0.1, -0.05) is 11.6 Å². The van der Waals surface area contributed by atoms with Crippen LogP contribution in [0.2, 0.25) is 5.02 Å². The minimum atomic E-state index is -0.760. The van der Waals surface area contributed by atoms with E-state index in [0.717, 1.165) is 24.8 Å². The first-order chi connectivity index (χ1) is 14.4. The van der Waals surface area contributed by atoms with E-state index in [4.69, 9.17) is 22.7 Å². The molecule has 3 aromatic rings. The van der Waals surface area contributed by atoms with Gasteiger partial charge in [0.25, 0.3) is 5.71 Å². The highest BCUT2D eigenvalue weighted by Crippen LogP contribution is 2.49. The second kappa shape index (κ2) is 6.94. The van der Waals surface area contributed by atoms with Gasteiger partial charge in [-0.2, -0.15) is 0 Å². The van der Waals surface area contributed by atoms with Gasteiger partial charge in [-0.15, -0.1) is 5.10 Å². The maximum Gasteiger partial charge on any atom is 0.308 e. The van der Waals surface area contributed by atoms with Crippen molar-refractivity contribution in [2.75, 3.05) is 11.1 Å². The highest BCUT2D eigenvalue weighted by Gasteiger charge is 2.51. The van der Waals surface area contributed by atoms with Crippen LogP contribution in [0.15, 0.2) is 30.6 Å². The summed E-state index contributed by atoms with van der Waals surface area (Å²) in [6.07, 6.45) is 6.16. The first kappa shape index (κ1) is 18.8. The maximum absolute atomic E-state index is 11.9. The Morgan fingerprint density at radius 1 is 1.37 bits per heavy atom. The molecule has 9 nitrogen and oxygen atoms in total. The standard InChI is InChI=1S/C20H20ClN7O2/c21-11-7-12(17(23)24-8-11)15(22)19-26-18(13-2-1-5-28(13)27-19)25-16-10-4-3-9(6-10)14(16)20(29)30/h1-2,5,7-10,14,16,22H,3-4,6H2,(H2,23,24)(H,29,30)(H,25,26,27)/p+1. The summed E-state index contributed by atoms with van der Waals surface area (Å²) in [4.78, 5) is 20.6.